The number of para-hydroxylation sites is 1. The number of phenols is 1. The van der Waals surface area contributed by atoms with E-state index >= 15 is 0 Å². The quantitative estimate of drug-likeness (QED) is 0.866. The van der Waals surface area contributed by atoms with Crippen molar-refractivity contribution in [1.82, 2.24) is 4.90 Å². The Morgan fingerprint density at radius 1 is 1.20 bits per heavy atom. The molecule has 1 aliphatic heterocycles. The fourth-order valence-corrected chi connectivity index (χ4v) is 2.37. The van der Waals surface area contributed by atoms with Crippen molar-refractivity contribution in [3.8, 4) is 5.75 Å². The number of nitrogens with zero attached hydrogens (tertiary/aromatic N) is 2. The number of halogens is 3. The predicted octanol–water partition coefficient (Wildman–Crippen LogP) is 2.72. The molecule has 110 valence electrons. The van der Waals surface area contributed by atoms with Gasteiger partial charge in [-0.15, -0.1) is 6.58 Å². The van der Waals surface area contributed by atoms with E-state index in [2.05, 4.69) is 11.5 Å². The first-order chi connectivity index (χ1) is 9.43. The Kier molecular flexibility index (Phi) is 4.23. The molecule has 1 saturated heterocycles. The first kappa shape index (κ1) is 14.7. The summed E-state index contributed by atoms with van der Waals surface area (Å²) in [4.78, 5) is 3.94. The van der Waals surface area contributed by atoms with Crippen LogP contribution in [0.25, 0.3) is 0 Å². The monoisotopic (exact) mass is 286 g/mol. The number of alkyl halides is 3. The van der Waals surface area contributed by atoms with E-state index in [0.29, 0.717) is 13.1 Å². The maximum Gasteiger partial charge on any atom is 0.420 e. The van der Waals surface area contributed by atoms with Crippen molar-refractivity contribution >= 4 is 5.69 Å². The SMILES string of the molecule is C=CCN1CCN(c2cccc(C(F)(F)F)c2O)CC1. The zero-order valence-corrected chi connectivity index (χ0v) is 11.0. The first-order valence-electron chi connectivity index (χ1n) is 6.41. The van der Waals surface area contributed by atoms with Gasteiger partial charge in [-0.3, -0.25) is 4.90 Å². The van der Waals surface area contributed by atoms with E-state index in [-0.39, 0.29) is 5.69 Å². The van der Waals surface area contributed by atoms with Crippen LogP contribution < -0.4 is 4.90 Å². The van der Waals surface area contributed by atoms with Crippen LogP contribution in [0.1, 0.15) is 5.56 Å². The summed E-state index contributed by atoms with van der Waals surface area (Å²) in [6.07, 6.45) is -2.73. The van der Waals surface area contributed by atoms with Crippen LogP contribution >= 0.6 is 0 Å². The molecule has 0 aliphatic carbocycles. The minimum atomic E-state index is -4.54. The number of hydrogen-bond acceptors (Lipinski definition) is 3. The van der Waals surface area contributed by atoms with E-state index in [4.69, 9.17) is 0 Å². The summed E-state index contributed by atoms with van der Waals surface area (Å²) < 4.78 is 38.3. The average Bonchev–Trinajstić information content (AvgIpc) is 2.39. The molecule has 1 aromatic rings. The summed E-state index contributed by atoms with van der Waals surface area (Å²) in [5, 5.41) is 9.85. The van der Waals surface area contributed by atoms with Crippen LogP contribution in [0.3, 0.4) is 0 Å². The number of piperazine rings is 1. The van der Waals surface area contributed by atoms with Crippen molar-refractivity contribution in [3.63, 3.8) is 0 Å². The second kappa shape index (κ2) is 5.75. The molecule has 1 fully saturated rings. The molecule has 2 rings (SSSR count). The van der Waals surface area contributed by atoms with E-state index in [1.54, 1.807) is 11.0 Å². The summed E-state index contributed by atoms with van der Waals surface area (Å²) in [5.41, 5.74) is -0.735. The van der Waals surface area contributed by atoms with Crippen molar-refractivity contribution in [3.05, 3.63) is 36.4 Å². The highest BCUT2D eigenvalue weighted by molar-refractivity contribution is 5.62. The Balaban J connectivity index is 2.16. The third kappa shape index (κ3) is 3.07. The molecule has 0 amide bonds. The lowest BCUT2D eigenvalue weighted by Gasteiger charge is -2.36. The number of rotatable bonds is 3. The lowest BCUT2D eigenvalue weighted by atomic mass is 10.1. The Morgan fingerprint density at radius 2 is 1.85 bits per heavy atom. The first-order valence-corrected chi connectivity index (χ1v) is 6.41. The fraction of sp³-hybridized carbons (Fsp3) is 0.429. The van der Waals surface area contributed by atoms with E-state index in [0.717, 1.165) is 25.7 Å². The average molecular weight is 286 g/mol. The molecule has 0 unspecified atom stereocenters. The summed E-state index contributed by atoms with van der Waals surface area (Å²) >= 11 is 0. The molecule has 1 N–H and O–H groups in total. The maximum atomic E-state index is 12.8. The van der Waals surface area contributed by atoms with Crippen LogP contribution in [0.5, 0.6) is 5.75 Å². The van der Waals surface area contributed by atoms with Gasteiger partial charge in [0.1, 0.15) is 0 Å². The fourth-order valence-electron chi connectivity index (χ4n) is 2.37. The molecule has 0 aromatic heterocycles. The lowest BCUT2D eigenvalue weighted by molar-refractivity contribution is -0.138. The molecule has 3 nitrogen and oxygen atoms in total. The third-order valence-electron chi connectivity index (χ3n) is 3.42. The van der Waals surface area contributed by atoms with E-state index < -0.39 is 17.5 Å². The minimum Gasteiger partial charge on any atom is -0.505 e. The Bertz CT molecular complexity index is 480. The summed E-state index contributed by atoms with van der Waals surface area (Å²) in [6.45, 7) is 7.08. The molecule has 0 bridgehead atoms. The van der Waals surface area contributed by atoms with Gasteiger partial charge in [0, 0.05) is 32.7 Å². The molecule has 0 spiro atoms. The number of benzene rings is 1. The molecule has 1 aromatic carbocycles. The minimum absolute atomic E-state index is 0.248. The molecular weight excluding hydrogens is 269 g/mol. The van der Waals surface area contributed by atoms with Gasteiger partial charge in [-0.05, 0) is 12.1 Å². The van der Waals surface area contributed by atoms with Crippen molar-refractivity contribution < 1.29 is 18.3 Å². The van der Waals surface area contributed by atoms with Gasteiger partial charge < -0.3 is 10.0 Å². The van der Waals surface area contributed by atoms with Crippen LogP contribution in [-0.4, -0.2) is 42.7 Å². The van der Waals surface area contributed by atoms with Crippen molar-refractivity contribution in [2.75, 3.05) is 37.6 Å². The van der Waals surface area contributed by atoms with Gasteiger partial charge in [0.15, 0.2) is 5.75 Å². The number of hydrogen-bond donors (Lipinski definition) is 1. The van der Waals surface area contributed by atoms with Gasteiger partial charge in [0.2, 0.25) is 0 Å². The van der Waals surface area contributed by atoms with Crippen LogP contribution in [0, 0.1) is 0 Å². The summed E-state index contributed by atoms with van der Waals surface area (Å²) in [6, 6.07) is 3.74. The Hall–Kier alpha value is -1.69. The van der Waals surface area contributed by atoms with Gasteiger partial charge in [0.05, 0.1) is 11.3 Å². The second-order valence-corrected chi connectivity index (χ2v) is 4.75. The van der Waals surface area contributed by atoms with E-state index in [1.807, 2.05) is 0 Å². The van der Waals surface area contributed by atoms with Gasteiger partial charge in [-0.25, -0.2) is 0 Å². The predicted molar refractivity (Wildman–Crippen MR) is 72.0 cm³/mol. The smallest absolute Gasteiger partial charge is 0.420 e. The van der Waals surface area contributed by atoms with Gasteiger partial charge >= 0.3 is 6.18 Å². The largest absolute Gasteiger partial charge is 0.505 e. The molecule has 20 heavy (non-hydrogen) atoms. The Morgan fingerprint density at radius 3 is 2.40 bits per heavy atom. The highest BCUT2D eigenvalue weighted by Gasteiger charge is 2.35. The third-order valence-corrected chi connectivity index (χ3v) is 3.42. The molecule has 0 saturated carbocycles. The summed E-state index contributed by atoms with van der Waals surface area (Å²) in [7, 11) is 0. The number of anilines is 1. The van der Waals surface area contributed by atoms with E-state index in [9.17, 15) is 18.3 Å². The van der Waals surface area contributed by atoms with Crippen LogP contribution in [0.15, 0.2) is 30.9 Å². The summed E-state index contributed by atoms with van der Waals surface area (Å²) in [5.74, 6) is -0.683. The Labute approximate surface area is 115 Å². The number of aromatic hydroxyl groups is 1. The topological polar surface area (TPSA) is 26.7 Å². The highest BCUT2D eigenvalue weighted by atomic mass is 19.4. The lowest BCUT2D eigenvalue weighted by Crippen LogP contribution is -2.46. The van der Waals surface area contributed by atoms with Gasteiger partial charge in [0.25, 0.3) is 0 Å². The highest BCUT2D eigenvalue weighted by Crippen LogP contribution is 2.41. The van der Waals surface area contributed by atoms with E-state index in [1.165, 1.54) is 12.1 Å². The van der Waals surface area contributed by atoms with Crippen molar-refractivity contribution in [2.24, 2.45) is 0 Å². The molecule has 0 radical (unpaired) electrons. The maximum absolute atomic E-state index is 12.8. The molecule has 1 aliphatic rings. The zero-order chi connectivity index (χ0) is 14.8. The second-order valence-electron chi connectivity index (χ2n) is 4.75. The van der Waals surface area contributed by atoms with Crippen molar-refractivity contribution in [1.29, 1.82) is 0 Å². The molecule has 0 atom stereocenters. The van der Waals surface area contributed by atoms with Crippen LogP contribution in [-0.2, 0) is 6.18 Å². The van der Waals surface area contributed by atoms with Crippen LogP contribution in [0.4, 0.5) is 18.9 Å². The standard InChI is InChI=1S/C14H17F3N2O/c1-2-6-18-7-9-19(10-8-18)12-5-3-4-11(13(12)20)14(15,16)17/h2-5,20H,1,6-10H2. The van der Waals surface area contributed by atoms with Crippen LogP contribution in [0.2, 0.25) is 0 Å². The molecule has 6 heteroatoms. The molecular formula is C14H17F3N2O. The number of phenolic OH excluding ortho intramolecular Hbond substituents is 1. The van der Waals surface area contributed by atoms with Gasteiger partial charge in [-0.2, -0.15) is 13.2 Å². The van der Waals surface area contributed by atoms with Gasteiger partial charge in [-0.1, -0.05) is 12.1 Å². The normalized spacial score (nSPS) is 17.2. The zero-order valence-electron chi connectivity index (χ0n) is 11.0. The molecule has 1 heterocycles. The van der Waals surface area contributed by atoms with Crippen molar-refractivity contribution in [2.45, 2.75) is 6.18 Å².